The van der Waals surface area contributed by atoms with Gasteiger partial charge in [0, 0.05) is 32.6 Å². The number of ketones is 1. The number of carbonyl (C=O) groups excluding carboxylic acids is 2. The van der Waals surface area contributed by atoms with Gasteiger partial charge in [0.1, 0.15) is 22.9 Å². The third kappa shape index (κ3) is 6.70. The number of imidazole rings is 1. The predicted octanol–water partition coefficient (Wildman–Crippen LogP) is 4.30. The smallest absolute Gasteiger partial charge is 0.381 e. The molecular formula is C27H32N4O5S2. The zero-order valence-electron chi connectivity index (χ0n) is 22.2. The third-order valence-corrected chi connectivity index (χ3v) is 7.50. The van der Waals surface area contributed by atoms with E-state index in [-0.39, 0.29) is 17.2 Å². The second kappa shape index (κ2) is 12.9. The van der Waals surface area contributed by atoms with Gasteiger partial charge in [-0.1, -0.05) is 49.4 Å². The number of aromatic nitrogens is 2. The van der Waals surface area contributed by atoms with E-state index in [2.05, 4.69) is 9.38 Å². The van der Waals surface area contributed by atoms with Crippen molar-refractivity contribution >= 4 is 39.9 Å². The van der Waals surface area contributed by atoms with Gasteiger partial charge in [-0.2, -0.15) is 8.42 Å². The van der Waals surface area contributed by atoms with Gasteiger partial charge in [0.2, 0.25) is 0 Å². The van der Waals surface area contributed by atoms with Gasteiger partial charge in [0.05, 0.1) is 11.5 Å². The Hall–Kier alpha value is -3.44. The molecule has 2 aromatic carbocycles. The first-order valence-electron chi connectivity index (χ1n) is 12.1. The molecule has 0 bridgehead atoms. The quantitative estimate of drug-likeness (QED) is 0.0811. The van der Waals surface area contributed by atoms with E-state index in [9.17, 15) is 18.0 Å². The first-order valence-corrected chi connectivity index (χ1v) is 14.8. The third-order valence-electron chi connectivity index (χ3n) is 5.54. The average molecular weight is 557 g/mol. The highest BCUT2D eigenvalue weighted by molar-refractivity contribution is 7.98. The van der Waals surface area contributed by atoms with Gasteiger partial charge >= 0.3 is 5.97 Å². The highest BCUT2D eigenvalue weighted by Gasteiger charge is 2.28. The molecule has 0 N–H and O–H groups in total. The first kappa shape index (κ1) is 29.1. The Morgan fingerprint density at radius 2 is 1.79 bits per heavy atom. The van der Waals surface area contributed by atoms with Crippen LogP contribution in [0.15, 0.2) is 62.9 Å². The number of ether oxygens (including phenoxy) is 1. The van der Waals surface area contributed by atoms with E-state index in [0.29, 0.717) is 34.9 Å². The molecule has 0 amide bonds. The number of nitrogens with zero attached hydrogens (tertiary/aromatic N) is 4. The Bertz CT molecular complexity index is 1430. The van der Waals surface area contributed by atoms with Crippen LogP contribution >= 0.6 is 11.8 Å². The normalized spacial score (nSPS) is 11.6. The molecular weight excluding hydrogens is 524 g/mol. The van der Waals surface area contributed by atoms with Crippen molar-refractivity contribution in [2.45, 2.75) is 43.2 Å². The summed E-state index contributed by atoms with van der Waals surface area (Å²) in [4.78, 5) is 31.6. The van der Waals surface area contributed by atoms with E-state index < -0.39 is 21.8 Å². The summed E-state index contributed by atoms with van der Waals surface area (Å²) in [6.45, 7) is 4.10. The maximum Gasteiger partial charge on any atom is 0.381 e. The molecule has 1 aromatic heterocycles. The summed E-state index contributed by atoms with van der Waals surface area (Å²) in [6.07, 6.45) is 4.53. The summed E-state index contributed by atoms with van der Waals surface area (Å²) < 4.78 is 36.2. The minimum atomic E-state index is -3.90. The number of esters is 1. The van der Waals surface area contributed by atoms with Gasteiger partial charge in [-0.05, 0) is 36.8 Å². The van der Waals surface area contributed by atoms with E-state index >= 15 is 0 Å². The van der Waals surface area contributed by atoms with Crippen LogP contribution in [0.3, 0.4) is 0 Å². The molecule has 3 rings (SSSR count). The number of hydrogen-bond donors (Lipinski definition) is 0. The SMILES string of the molecule is CCCc1nc(SC)c(C(=O)C(=O)OCC)n1Cc1ccc(-c2ccccc2S(=O)(=O)N=CN(C)C)cc1. The maximum absolute atomic E-state index is 13.0. The standard InChI is InChI=1S/C27H32N4O5S2/c1-6-10-23-29-26(37-5)24(25(32)27(33)36-7-2)31(23)17-19-13-15-20(16-14-19)21-11-8-9-12-22(21)38(34,35)28-18-30(3)4/h8-9,11-16,18H,6-7,10,17H2,1-5H3. The van der Waals surface area contributed by atoms with E-state index in [1.807, 2.05) is 37.4 Å². The van der Waals surface area contributed by atoms with Crippen LogP contribution in [0.5, 0.6) is 0 Å². The van der Waals surface area contributed by atoms with Crippen LogP contribution in [-0.4, -0.2) is 67.9 Å². The summed E-state index contributed by atoms with van der Waals surface area (Å²) in [7, 11) is -0.505. The van der Waals surface area contributed by atoms with Gasteiger partial charge in [-0.15, -0.1) is 16.2 Å². The molecule has 38 heavy (non-hydrogen) atoms. The molecule has 0 radical (unpaired) electrons. The van der Waals surface area contributed by atoms with E-state index in [1.165, 1.54) is 24.2 Å². The van der Waals surface area contributed by atoms with Crippen molar-refractivity contribution in [3.05, 3.63) is 65.6 Å². The van der Waals surface area contributed by atoms with E-state index in [1.54, 1.807) is 48.7 Å². The fourth-order valence-electron chi connectivity index (χ4n) is 3.83. The highest BCUT2D eigenvalue weighted by atomic mass is 32.2. The lowest BCUT2D eigenvalue weighted by Gasteiger charge is -2.13. The summed E-state index contributed by atoms with van der Waals surface area (Å²) >= 11 is 1.31. The highest BCUT2D eigenvalue weighted by Crippen LogP contribution is 2.30. The van der Waals surface area contributed by atoms with E-state index in [0.717, 1.165) is 12.0 Å². The zero-order chi connectivity index (χ0) is 27.9. The molecule has 0 aliphatic carbocycles. The van der Waals surface area contributed by atoms with Crippen molar-refractivity contribution in [2.24, 2.45) is 4.40 Å². The monoisotopic (exact) mass is 556 g/mol. The van der Waals surface area contributed by atoms with Crippen LogP contribution in [0.4, 0.5) is 0 Å². The molecule has 0 unspecified atom stereocenters. The number of benzene rings is 2. The summed E-state index contributed by atoms with van der Waals surface area (Å²) in [6, 6.07) is 14.1. The predicted molar refractivity (Wildman–Crippen MR) is 149 cm³/mol. The van der Waals surface area contributed by atoms with Gasteiger partial charge in [0.25, 0.3) is 15.8 Å². The molecule has 9 nitrogen and oxygen atoms in total. The minimum absolute atomic E-state index is 0.105. The van der Waals surface area contributed by atoms with Gasteiger partial charge in [-0.25, -0.2) is 9.78 Å². The number of thioether (sulfide) groups is 1. The summed E-state index contributed by atoms with van der Waals surface area (Å²) in [5.74, 6) is -0.916. The number of rotatable bonds is 12. The molecule has 0 aliphatic rings. The molecule has 11 heteroatoms. The van der Waals surface area contributed by atoms with Crippen molar-refractivity contribution in [2.75, 3.05) is 27.0 Å². The lowest BCUT2D eigenvalue weighted by Crippen LogP contribution is -2.22. The van der Waals surface area contributed by atoms with Gasteiger partial charge in [0.15, 0.2) is 0 Å². The van der Waals surface area contributed by atoms with Crippen molar-refractivity contribution in [1.29, 1.82) is 0 Å². The molecule has 0 saturated carbocycles. The van der Waals surface area contributed by atoms with Crippen molar-refractivity contribution in [1.82, 2.24) is 14.5 Å². The fraction of sp³-hybridized carbons (Fsp3) is 0.333. The Morgan fingerprint density at radius 3 is 2.39 bits per heavy atom. The maximum atomic E-state index is 13.0. The zero-order valence-corrected chi connectivity index (χ0v) is 23.8. The van der Waals surface area contributed by atoms with Crippen molar-refractivity contribution < 1.29 is 22.7 Å². The number of hydrogen-bond acceptors (Lipinski definition) is 7. The lowest BCUT2D eigenvalue weighted by molar-refractivity contribution is -0.137. The van der Waals surface area contributed by atoms with Crippen LogP contribution in [-0.2, 0) is 32.5 Å². The molecule has 202 valence electrons. The molecule has 1 heterocycles. The van der Waals surface area contributed by atoms with Crippen LogP contribution in [0.1, 0.15) is 42.1 Å². The second-order valence-corrected chi connectivity index (χ2v) is 11.0. The van der Waals surface area contributed by atoms with Crippen LogP contribution in [0, 0.1) is 0 Å². The minimum Gasteiger partial charge on any atom is -0.460 e. The molecule has 3 aromatic rings. The van der Waals surface area contributed by atoms with Gasteiger partial charge < -0.3 is 14.2 Å². The van der Waals surface area contributed by atoms with Gasteiger partial charge in [-0.3, -0.25) is 4.79 Å². The summed E-state index contributed by atoms with van der Waals surface area (Å²) in [5.41, 5.74) is 2.32. The Balaban J connectivity index is 2.00. The number of sulfonamides is 1. The Labute approximate surface area is 228 Å². The molecule has 0 spiro atoms. The molecule has 0 aliphatic heterocycles. The number of carbonyl (C=O) groups is 2. The molecule has 0 saturated heterocycles. The Morgan fingerprint density at radius 1 is 1.11 bits per heavy atom. The van der Waals surface area contributed by atoms with Crippen molar-refractivity contribution in [3.63, 3.8) is 0 Å². The lowest BCUT2D eigenvalue weighted by atomic mass is 10.0. The fourth-order valence-corrected chi connectivity index (χ4v) is 5.56. The topological polar surface area (TPSA) is 111 Å². The van der Waals surface area contributed by atoms with E-state index in [4.69, 9.17) is 4.74 Å². The molecule has 0 atom stereocenters. The number of aryl methyl sites for hydroxylation is 1. The first-order chi connectivity index (χ1) is 18.1. The molecule has 0 fully saturated rings. The second-order valence-electron chi connectivity index (χ2n) is 8.62. The number of Topliss-reactive ketones (excluding diaryl/α,β-unsaturated/α-hetero) is 1. The van der Waals surface area contributed by atoms with Crippen molar-refractivity contribution in [3.8, 4) is 11.1 Å². The van der Waals surface area contributed by atoms with Crippen LogP contribution < -0.4 is 0 Å². The van der Waals surface area contributed by atoms with Crippen LogP contribution in [0.25, 0.3) is 11.1 Å². The van der Waals surface area contributed by atoms with Crippen LogP contribution in [0.2, 0.25) is 0 Å². The largest absolute Gasteiger partial charge is 0.460 e. The average Bonchev–Trinajstić information content (AvgIpc) is 3.24. The Kier molecular flexibility index (Phi) is 9.87. The summed E-state index contributed by atoms with van der Waals surface area (Å²) in [5, 5.41) is 0.487.